The van der Waals surface area contributed by atoms with Crippen LogP contribution in [0, 0.1) is 5.92 Å². The smallest absolute Gasteiger partial charge is 0.318 e. The lowest BCUT2D eigenvalue weighted by molar-refractivity contribution is -0.114. The zero-order valence-corrected chi connectivity index (χ0v) is 10.1. The topological polar surface area (TPSA) is 83.5 Å². The Morgan fingerprint density at radius 3 is 2.40 bits per heavy atom. The third kappa shape index (κ3) is 4.15. The van der Waals surface area contributed by atoms with Gasteiger partial charge >= 0.3 is 13.2 Å². The average molecular weight is 234 g/mol. The van der Waals surface area contributed by atoms with Crippen LogP contribution in [0.4, 0.5) is 0 Å². The van der Waals surface area contributed by atoms with Crippen LogP contribution in [0.1, 0.15) is 38.5 Å². The van der Waals surface area contributed by atoms with Crippen molar-refractivity contribution in [3.63, 3.8) is 0 Å². The summed E-state index contributed by atoms with van der Waals surface area (Å²) in [6.07, 6.45) is 6.52. The third-order valence-corrected chi connectivity index (χ3v) is 4.21. The molecule has 0 saturated heterocycles. The van der Waals surface area contributed by atoms with Gasteiger partial charge in [0.15, 0.2) is 0 Å². The molecule has 0 spiro atoms. The first-order valence-electron chi connectivity index (χ1n) is 5.53. The number of nitrogens with two attached hydrogens (primary N) is 1. The lowest BCUT2D eigenvalue weighted by atomic mass is 9.85. The fourth-order valence-electron chi connectivity index (χ4n) is 2.20. The molecule has 0 radical (unpaired) electrons. The average Bonchev–Trinajstić information content (AvgIpc) is 2.16. The maximum atomic E-state index is 11.5. The summed E-state index contributed by atoms with van der Waals surface area (Å²) in [5.41, 5.74) is 5.13. The van der Waals surface area contributed by atoms with Gasteiger partial charge in [-0.05, 0) is 12.3 Å². The summed E-state index contributed by atoms with van der Waals surface area (Å²) in [5, 5.41) is 0. The van der Waals surface area contributed by atoms with Crippen molar-refractivity contribution in [3.8, 4) is 0 Å². The van der Waals surface area contributed by atoms with Crippen molar-refractivity contribution in [3.05, 3.63) is 0 Å². The number of carbonyl (C=O) groups is 1. The molecule has 1 aliphatic rings. The van der Waals surface area contributed by atoms with Crippen LogP contribution in [0.3, 0.4) is 0 Å². The fraction of sp³-hybridized carbons (Fsp3) is 0.900. The highest BCUT2D eigenvalue weighted by Crippen LogP contribution is 2.47. The molecule has 1 rings (SSSR count). The lowest BCUT2D eigenvalue weighted by Gasteiger charge is -2.23. The molecule has 1 saturated carbocycles. The standard InChI is InChI=1S/C10H21NO3P/c1-15(13,14)10(12)9(11)7-8-5-3-2-4-6-8/h8-9,13-14H,2-7,11H2,1H3/q+1/t9-/m0/s1. The van der Waals surface area contributed by atoms with Crippen molar-refractivity contribution >= 4 is 13.2 Å². The van der Waals surface area contributed by atoms with Crippen molar-refractivity contribution < 1.29 is 14.6 Å². The van der Waals surface area contributed by atoms with Gasteiger partial charge in [-0.3, -0.25) is 0 Å². The highest BCUT2D eigenvalue weighted by molar-refractivity contribution is 7.80. The second-order valence-corrected chi connectivity index (χ2v) is 6.86. The van der Waals surface area contributed by atoms with Gasteiger partial charge in [0, 0.05) is 0 Å². The van der Waals surface area contributed by atoms with Crippen LogP contribution in [0.15, 0.2) is 0 Å². The van der Waals surface area contributed by atoms with Crippen LogP contribution in [-0.4, -0.2) is 28.0 Å². The minimum absolute atomic E-state index is 0.490. The van der Waals surface area contributed by atoms with Gasteiger partial charge in [-0.25, -0.2) is 14.6 Å². The quantitative estimate of drug-likeness (QED) is 0.640. The molecule has 0 aromatic heterocycles. The number of rotatable bonds is 4. The second-order valence-electron chi connectivity index (χ2n) is 4.60. The minimum Gasteiger partial charge on any atom is -0.318 e. The molecule has 0 unspecified atom stereocenters. The van der Waals surface area contributed by atoms with E-state index in [9.17, 15) is 14.6 Å². The summed E-state index contributed by atoms with van der Waals surface area (Å²) in [7, 11) is -3.39. The van der Waals surface area contributed by atoms with E-state index in [-0.39, 0.29) is 0 Å². The molecule has 0 heterocycles. The van der Waals surface area contributed by atoms with Gasteiger partial charge in [0.05, 0.1) is 0 Å². The molecule has 5 heteroatoms. The van der Waals surface area contributed by atoms with Gasteiger partial charge in [-0.2, -0.15) is 0 Å². The molecule has 0 amide bonds. The first-order valence-corrected chi connectivity index (χ1v) is 7.67. The van der Waals surface area contributed by atoms with E-state index in [0.717, 1.165) is 12.8 Å². The van der Waals surface area contributed by atoms with Crippen molar-refractivity contribution in [2.24, 2.45) is 11.7 Å². The monoisotopic (exact) mass is 234 g/mol. The summed E-state index contributed by atoms with van der Waals surface area (Å²) >= 11 is 0. The Kier molecular flexibility index (Phi) is 4.65. The van der Waals surface area contributed by atoms with Crippen LogP contribution in [0.5, 0.6) is 0 Å². The Morgan fingerprint density at radius 1 is 1.40 bits per heavy atom. The summed E-state index contributed by atoms with van der Waals surface area (Å²) in [6, 6.07) is -0.693. The van der Waals surface area contributed by atoms with Gasteiger partial charge in [-0.15, -0.1) is 0 Å². The van der Waals surface area contributed by atoms with Gasteiger partial charge in [0.25, 0.3) is 0 Å². The van der Waals surface area contributed by atoms with E-state index in [1.54, 1.807) is 0 Å². The summed E-state index contributed by atoms with van der Waals surface area (Å²) in [6.45, 7) is 1.18. The Labute approximate surface area is 91.4 Å². The van der Waals surface area contributed by atoms with E-state index in [0.29, 0.717) is 12.3 Å². The number of hydrogen-bond acceptors (Lipinski definition) is 4. The zero-order chi connectivity index (χ0) is 11.5. The van der Waals surface area contributed by atoms with Crippen molar-refractivity contribution in [2.45, 2.75) is 44.6 Å². The second kappa shape index (κ2) is 5.35. The van der Waals surface area contributed by atoms with E-state index in [4.69, 9.17) is 5.73 Å². The summed E-state index contributed by atoms with van der Waals surface area (Å²) in [5.74, 6) is 0.490. The van der Waals surface area contributed by atoms with Gasteiger partial charge < -0.3 is 5.73 Å². The SMILES string of the molecule is C[P+](O)(O)C(=O)[C@@H](N)CC1CCCCC1. The first-order chi connectivity index (χ1) is 6.91. The normalized spacial score (nSPS) is 21.3. The van der Waals surface area contributed by atoms with E-state index < -0.39 is 19.3 Å². The maximum Gasteiger partial charge on any atom is 0.342 e. The lowest BCUT2D eigenvalue weighted by Crippen LogP contribution is -2.34. The van der Waals surface area contributed by atoms with E-state index in [1.807, 2.05) is 0 Å². The Morgan fingerprint density at radius 2 is 1.93 bits per heavy atom. The first kappa shape index (κ1) is 13.0. The van der Waals surface area contributed by atoms with Crippen molar-refractivity contribution in [1.82, 2.24) is 0 Å². The molecule has 0 aromatic rings. The maximum absolute atomic E-state index is 11.5. The third-order valence-electron chi connectivity index (χ3n) is 3.05. The van der Waals surface area contributed by atoms with Crippen LogP contribution >= 0.6 is 7.72 Å². The van der Waals surface area contributed by atoms with E-state index in [2.05, 4.69) is 0 Å². The molecule has 0 bridgehead atoms. The highest BCUT2D eigenvalue weighted by atomic mass is 31.2. The molecular weight excluding hydrogens is 213 g/mol. The molecule has 1 aliphatic carbocycles. The van der Waals surface area contributed by atoms with Crippen LogP contribution < -0.4 is 5.73 Å². The Balaban J connectivity index is 2.40. The highest BCUT2D eigenvalue weighted by Gasteiger charge is 2.42. The predicted octanol–water partition coefficient (Wildman–Crippen LogP) is 1.27. The molecule has 15 heavy (non-hydrogen) atoms. The van der Waals surface area contributed by atoms with Crippen molar-refractivity contribution in [1.29, 1.82) is 0 Å². The van der Waals surface area contributed by atoms with Crippen molar-refractivity contribution in [2.75, 3.05) is 6.66 Å². The van der Waals surface area contributed by atoms with Gasteiger partial charge in [-0.1, -0.05) is 32.1 Å². The Bertz CT molecular complexity index is 221. The van der Waals surface area contributed by atoms with Crippen LogP contribution in [0.25, 0.3) is 0 Å². The molecule has 4 N–H and O–H groups in total. The molecule has 88 valence electrons. The van der Waals surface area contributed by atoms with Crippen LogP contribution in [-0.2, 0) is 4.79 Å². The summed E-state index contributed by atoms with van der Waals surface area (Å²) < 4.78 is 0. The van der Waals surface area contributed by atoms with Crippen LogP contribution in [0.2, 0.25) is 0 Å². The largest absolute Gasteiger partial charge is 0.342 e. The van der Waals surface area contributed by atoms with Gasteiger partial charge in [0.1, 0.15) is 12.7 Å². The molecule has 0 aliphatic heterocycles. The molecule has 1 atom stereocenters. The molecular formula is C10H21NO3P+. The van der Waals surface area contributed by atoms with Gasteiger partial charge in [0.2, 0.25) is 0 Å². The predicted molar refractivity (Wildman–Crippen MR) is 61.5 cm³/mol. The Hall–Kier alpha value is -0.0200. The molecule has 0 aromatic carbocycles. The molecule has 1 fully saturated rings. The fourth-order valence-corrected chi connectivity index (χ4v) is 2.93. The zero-order valence-electron chi connectivity index (χ0n) is 9.22. The number of hydrogen-bond donors (Lipinski definition) is 3. The summed E-state index contributed by atoms with van der Waals surface area (Å²) in [4.78, 5) is 29.9. The number of carbonyl (C=O) groups excluding carboxylic acids is 1. The van der Waals surface area contributed by atoms with E-state index >= 15 is 0 Å². The van der Waals surface area contributed by atoms with E-state index in [1.165, 1.54) is 25.9 Å². The minimum atomic E-state index is -3.39. The molecule has 4 nitrogen and oxygen atoms in total.